The van der Waals surface area contributed by atoms with Crippen LogP contribution < -0.4 is 16.0 Å². The number of halogens is 1. The van der Waals surface area contributed by atoms with Crippen LogP contribution in [0.4, 0.5) is 10.1 Å². The molecule has 0 fully saturated rings. The average molecular weight is 441 g/mol. The van der Waals surface area contributed by atoms with Gasteiger partial charge in [-0.2, -0.15) is 0 Å². The number of hydrogen-bond donors (Lipinski definition) is 4. The number of allylic oxidation sites excluding steroid dienone is 1. The number of ether oxygens (including phenoxy) is 1. The van der Waals surface area contributed by atoms with Crippen LogP contribution in [0.2, 0.25) is 0 Å². The third-order valence-electron chi connectivity index (χ3n) is 4.38. The second-order valence-corrected chi connectivity index (χ2v) is 7.07. The van der Waals surface area contributed by atoms with Crippen molar-refractivity contribution in [3.63, 3.8) is 0 Å². The first-order chi connectivity index (χ1) is 14.8. The Labute approximate surface area is 183 Å². The topological polar surface area (TPSA) is 99.7 Å². The number of thiocarbonyl (C=S) groups is 1. The highest BCUT2D eigenvalue weighted by Crippen LogP contribution is 2.29. The van der Waals surface area contributed by atoms with Crippen LogP contribution in [0, 0.1) is 5.82 Å². The molecule has 1 amide bonds. The number of phenols is 1. The molecule has 1 heterocycles. The van der Waals surface area contributed by atoms with E-state index in [9.17, 15) is 19.1 Å². The van der Waals surface area contributed by atoms with Crippen molar-refractivity contribution in [2.75, 3.05) is 11.9 Å². The molecule has 7 nitrogen and oxygen atoms in total. The molecule has 0 saturated carbocycles. The van der Waals surface area contributed by atoms with E-state index >= 15 is 0 Å². The van der Waals surface area contributed by atoms with Crippen LogP contribution in [0.3, 0.4) is 0 Å². The fourth-order valence-electron chi connectivity index (χ4n) is 2.99. The zero-order valence-corrected chi connectivity index (χ0v) is 17.3. The van der Waals surface area contributed by atoms with E-state index in [2.05, 4.69) is 16.0 Å². The minimum atomic E-state index is -0.600. The smallest absolute Gasteiger partial charge is 0.338 e. The van der Waals surface area contributed by atoms with Gasteiger partial charge in [0.2, 0.25) is 5.91 Å². The van der Waals surface area contributed by atoms with Gasteiger partial charge in [-0.1, -0.05) is 12.1 Å². The number of phenolic OH excluding ortho intramolecular Hbond substituents is 1. The number of aromatic hydroxyl groups is 1. The number of rotatable bonds is 6. The largest absolute Gasteiger partial charge is 0.508 e. The molecule has 0 bridgehead atoms. The molecule has 3 rings (SSSR count). The first kappa shape index (κ1) is 22.0. The predicted octanol–water partition coefficient (Wildman–Crippen LogP) is 3.06. The zero-order valence-electron chi connectivity index (χ0n) is 16.5. The number of nitrogens with one attached hydrogen (secondary N) is 3. The Morgan fingerprint density at radius 1 is 1.26 bits per heavy atom. The van der Waals surface area contributed by atoms with Crippen LogP contribution in [-0.2, 0) is 14.3 Å². The minimum absolute atomic E-state index is 0.0595. The van der Waals surface area contributed by atoms with Gasteiger partial charge in [0.1, 0.15) is 18.2 Å². The highest BCUT2D eigenvalue weighted by atomic mass is 32.1. The van der Waals surface area contributed by atoms with E-state index in [0.29, 0.717) is 27.6 Å². The standard InChI is InChI=1S/C22H20FN3O4S/c1-13-19(20(26-22(31)24-13)14-4-2-5-17(27)12-14)21(29)30-11-3-6-18(28)25-16-9-7-15(23)8-10-16/h2-10,12,20,27H,11H2,1H3,(H,25,28)(H2,24,26,31)/b6-3+. The summed E-state index contributed by atoms with van der Waals surface area (Å²) in [6.45, 7) is 1.56. The van der Waals surface area contributed by atoms with E-state index in [4.69, 9.17) is 17.0 Å². The molecule has 1 atom stereocenters. The summed E-state index contributed by atoms with van der Waals surface area (Å²) in [7, 11) is 0. The lowest BCUT2D eigenvalue weighted by Crippen LogP contribution is -2.45. The molecule has 160 valence electrons. The number of carbonyl (C=O) groups excluding carboxylic acids is 2. The van der Waals surface area contributed by atoms with E-state index in [1.54, 1.807) is 19.1 Å². The van der Waals surface area contributed by atoms with Crippen molar-refractivity contribution >= 4 is 34.9 Å². The molecular formula is C22H20FN3O4S. The first-order valence-electron chi connectivity index (χ1n) is 9.31. The van der Waals surface area contributed by atoms with Crippen LogP contribution in [-0.4, -0.2) is 28.7 Å². The highest BCUT2D eigenvalue weighted by molar-refractivity contribution is 7.80. The highest BCUT2D eigenvalue weighted by Gasteiger charge is 2.31. The van der Waals surface area contributed by atoms with Crippen molar-refractivity contribution in [1.29, 1.82) is 0 Å². The maximum absolute atomic E-state index is 12.9. The Morgan fingerprint density at radius 2 is 2.00 bits per heavy atom. The summed E-state index contributed by atoms with van der Waals surface area (Å²) in [4.78, 5) is 24.6. The van der Waals surface area contributed by atoms with E-state index in [0.717, 1.165) is 0 Å². The molecule has 0 spiro atoms. The number of esters is 1. The number of amides is 1. The van der Waals surface area contributed by atoms with Crippen LogP contribution >= 0.6 is 12.2 Å². The molecule has 9 heteroatoms. The van der Waals surface area contributed by atoms with E-state index in [1.807, 2.05) is 0 Å². The number of hydrogen-bond acceptors (Lipinski definition) is 5. The lowest BCUT2D eigenvalue weighted by atomic mass is 9.95. The van der Waals surface area contributed by atoms with Gasteiger partial charge in [0, 0.05) is 17.5 Å². The van der Waals surface area contributed by atoms with Gasteiger partial charge in [0.15, 0.2) is 5.11 Å². The Balaban J connectivity index is 1.63. The van der Waals surface area contributed by atoms with Gasteiger partial charge in [0.25, 0.3) is 0 Å². The molecule has 2 aromatic rings. The van der Waals surface area contributed by atoms with Crippen molar-refractivity contribution < 1.29 is 23.8 Å². The van der Waals surface area contributed by atoms with Gasteiger partial charge in [-0.15, -0.1) is 0 Å². The van der Waals surface area contributed by atoms with Crippen LogP contribution in [0.25, 0.3) is 0 Å². The van der Waals surface area contributed by atoms with Crippen LogP contribution in [0.15, 0.2) is 72.0 Å². The fraction of sp³-hybridized carbons (Fsp3) is 0.136. The maximum atomic E-state index is 12.9. The summed E-state index contributed by atoms with van der Waals surface area (Å²) in [6.07, 6.45) is 2.61. The van der Waals surface area contributed by atoms with Crippen LogP contribution in [0.5, 0.6) is 5.75 Å². The molecule has 0 aliphatic carbocycles. The van der Waals surface area contributed by atoms with E-state index in [1.165, 1.54) is 48.6 Å². The van der Waals surface area contributed by atoms with Crippen molar-refractivity contribution in [1.82, 2.24) is 10.6 Å². The quantitative estimate of drug-likeness (QED) is 0.311. The summed E-state index contributed by atoms with van der Waals surface area (Å²) < 4.78 is 18.2. The second-order valence-electron chi connectivity index (χ2n) is 6.66. The van der Waals surface area contributed by atoms with Gasteiger partial charge in [0.05, 0.1) is 11.6 Å². The minimum Gasteiger partial charge on any atom is -0.508 e. The summed E-state index contributed by atoms with van der Waals surface area (Å²) in [6, 6.07) is 11.2. The molecule has 2 aromatic carbocycles. The molecule has 4 N–H and O–H groups in total. The molecule has 0 saturated heterocycles. The molecule has 1 unspecified atom stereocenters. The Morgan fingerprint density at radius 3 is 2.71 bits per heavy atom. The zero-order chi connectivity index (χ0) is 22.4. The summed E-state index contributed by atoms with van der Waals surface area (Å²) >= 11 is 5.18. The van der Waals surface area contributed by atoms with Crippen molar-refractivity contribution in [2.45, 2.75) is 13.0 Å². The molecule has 0 radical (unpaired) electrons. The monoisotopic (exact) mass is 441 g/mol. The SMILES string of the molecule is CC1=C(C(=O)OC/C=C/C(=O)Nc2ccc(F)cc2)C(c2cccc(O)c2)NC(=S)N1. The Hall–Kier alpha value is -3.72. The van der Waals surface area contributed by atoms with Crippen molar-refractivity contribution in [3.8, 4) is 5.75 Å². The van der Waals surface area contributed by atoms with Crippen molar-refractivity contribution in [3.05, 3.63) is 83.3 Å². The Kier molecular flexibility index (Phi) is 6.99. The average Bonchev–Trinajstić information content (AvgIpc) is 2.72. The normalized spacial score (nSPS) is 15.9. The third kappa shape index (κ3) is 5.89. The van der Waals surface area contributed by atoms with Gasteiger partial charge < -0.3 is 25.8 Å². The van der Waals surface area contributed by atoms with Gasteiger partial charge in [-0.05, 0) is 67.2 Å². The second kappa shape index (κ2) is 9.86. The lowest BCUT2D eigenvalue weighted by Gasteiger charge is -2.29. The Bertz CT molecular complexity index is 1070. The summed E-state index contributed by atoms with van der Waals surface area (Å²) in [5.41, 5.74) is 1.92. The fourth-order valence-corrected chi connectivity index (χ4v) is 3.26. The predicted molar refractivity (Wildman–Crippen MR) is 118 cm³/mol. The maximum Gasteiger partial charge on any atom is 0.338 e. The van der Waals surface area contributed by atoms with Gasteiger partial charge in [-0.3, -0.25) is 4.79 Å². The van der Waals surface area contributed by atoms with Gasteiger partial charge >= 0.3 is 5.97 Å². The molecule has 1 aliphatic rings. The van der Waals surface area contributed by atoms with Crippen LogP contribution in [0.1, 0.15) is 18.5 Å². The number of benzene rings is 2. The molecule has 1 aliphatic heterocycles. The lowest BCUT2D eigenvalue weighted by molar-refractivity contribution is -0.138. The number of anilines is 1. The van der Waals surface area contributed by atoms with Crippen molar-refractivity contribution in [2.24, 2.45) is 0 Å². The third-order valence-corrected chi connectivity index (χ3v) is 4.60. The van der Waals surface area contributed by atoms with E-state index in [-0.39, 0.29) is 12.4 Å². The first-order valence-corrected chi connectivity index (χ1v) is 9.72. The number of carbonyl (C=O) groups is 2. The molecular weight excluding hydrogens is 421 g/mol. The molecule has 0 aromatic heterocycles. The summed E-state index contributed by atoms with van der Waals surface area (Å²) in [5.74, 6) is -1.38. The van der Waals surface area contributed by atoms with Gasteiger partial charge in [-0.25, -0.2) is 9.18 Å². The van der Waals surface area contributed by atoms with E-state index < -0.39 is 23.7 Å². The summed E-state index contributed by atoms with van der Waals surface area (Å²) in [5, 5.41) is 18.6. The molecule has 31 heavy (non-hydrogen) atoms.